The molecule has 0 saturated heterocycles. The van der Waals surface area contributed by atoms with Crippen molar-refractivity contribution < 1.29 is 13.2 Å². The minimum absolute atomic E-state index is 0.0674. The maximum Gasteiger partial charge on any atom is 0.240 e. The van der Waals surface area contributed by atoms with Gasteiger partial charge in [0.05, 0.1) is 4.90 Å². The van der Waals surface area contributed by atoms with Crippen LogP contribution in [0, 0.1) is 5.92 Å². The van der Waals surface area contributed by atoms with E-state index in [1.54, 1.807) is 24.1 Å². The van der Waals surface area contributed by atoms with Gasteiger partial charge in [-0.1, -0.05) is 29.8 Å². The fourth-order valence-corrected chi connectivity index (χ4v) is 3.13. The first kappa shape index (κ1) is 18.1. The van der Waals surface area contributed by atoms with Crippen LogP contribution >= 0.6 is 15.9 Å². The van der Waals surface area contributed by atoms with Gasteiger partial charge >= 0.3 is 0 Å². The molecule has 0 radical (unpaired) electrons. The molecule has 0 heterocycles. The van der Waals surface area contributed by atoms with E-state index in [0.29, 0.717) is 12.5 Å². The Labute approximate surface area is 134 Å². The minimum atomic E-state index is -3.56. The summed E-state index contributed by atoms with van der Waals surface area (Å²) >= 11 is 3.25. The molecule has 0 fully saturated rings. The first-order chi connectivity index (χ1) is 9.72. The lowest BCUT2D eigenvalue weighted by molar-refractivity contribution is -0.130. The molecule has 1 aromatic carbocycles. The zero-order valence-electron chi connectivity index (χ0n) is 12.5. The van der Waals surface area contributed by atoms with Crippen LogP contribution in [0.2, 0.25) is 0 Å². The molecule has 0 aliphatic carbocycles. The Hall–Kier alpha value is -0.920. The molecule has 1 amide bonds. The van der Waals surface area contributed by atoms with Crippen molar-refractivity contribution in [2.45, 2.75) is 25.2 Å². The topological polar surface area (TPSA) is 66.5 Å². The lowest BCUT2D eigenvalue weighted by Gasteiger charge is -2.19. The number of rotatable bonds is 7. The van der Waals surface area contributed by atoms with E-state index in [1.807, 2.05) is 13.8 Å². The molecule has 1 aromatic rings. The molecular weight excluding hydrogens is 356 g/mol. The van der Waals surface area contributed by atoms with E-state index in [-0.39, 0.29) is 23.8 Å². The van der Waals surface area contributed by atoms with Crippen molar-refractivity contribution in [1.82, 2.24) is 9.62 Å². The van der Waals surface area contributed by atoms with E-state index in [9.17, 15) is 13.2 Å². The number of halogens is 1. The summed E-state index contributed by atoms with van der Waals surface area (Å²) in [6.45, 7) is 4.82. The number of benzene rings is 1. The average molecular weight is 377 g/mol. The number of hydrogen-bond acceptors (Lipinski definition) is 3. The summed E-state index contributed by atoms with van der Waals surface area (Å²) in [5.74, 6) is 0.320. The molecule has 118 valence electrons. The molecule has 0 aliphatic rings. The van der Waals surface area contributed by atoms with Gasteiger partial charge in [-0.15, -0.1) is 0 Å². The van der Waals surface area contributed by atoms with Crippen LogP contribution in [0.4, 0.5) is 0 Å². The summed E-state index contributed by atoms with van der Waals surface area (Å²) < 4.78 is 27.3. The zero-order chi connectivity index (χ0) is 16.0. The summed E-state index contributed by atoms with van der Waals surface area (Å²) in [6, 6.07) is 6.35. The van der Waals surface area contributed by atoms with E-state index in [0.717, 1.165) is 4.47 Å². The van der Waals surface area contributed by atoms with Crippen LogP contribution in [0.5, 0.6) is 0 Å². The highest BCUT2D eigenvalue weighted by Crippen LogP contribution is 2.14. The monoisotopic (exact) mass is 376 g/mol. The molecule has 0 aromatic heterocycles. The molecule has 0 spiro atoms. The van der Waals surface area contributed by atoms with E-state index in [2.05, 4.69) is 20.7 Å². The lowest BCUT2D eigenvalue weighted by Crippen LogP contribution is -2.34. The van der Waals surface area contributed by atoms with Gasteiger partial charge in [-0.3, -0.25) is 4.79 Å². The lowest BCUT2D eigenvalue weighted by atomic mass is 10.2. The van der Waals surface area contributed by atoms with Crippen LogP contribution in [-0.2, 0) is 14.8 Å². The van der Waals surface area contributed by atoms with Crippen LogP contribution in [0.25, 0.3) is 0 Å². The molecule has 0 saturated carbocycles. The highest BCUT2D eigenvalue weighted by atomic mass is 79.9. The predicted molar refractivity (Wildman–Crippen MR) is 86.4 cm³/mol. The zero-order valence-corrected chi connectivity index (χ0v) is 14.9. The van der Waals surface area contributed by atoms with Crippen LogP contribution in [0.15, 0.2) is 33.6 Å². The molecule has 5 nitrogen and oxygen atoms in total. The second-order valence-electron chi connectivity index (χ2n) is 5.27. The van der Waals surface area contributed by atoms with E-state index < -0.39 is 10.0 Å². The SMILES string of the molecule is CC(C)CN(C)C(=O)CCNS(=O)(=O)c1ccc(Br)cc1. The van der Waals surface area contributed by atoms with Crippen molar-refractivity contribution in [3.63, 3.8) is 0 Å². The van der Waals surface area contributed by atoms with Crippen molar-refractivity contribution in [2.24, 2.45) is 5.92 Å². The van der Waals surface area contributed by atoms with Crippen molar-refractivity contribution in [2.75, 3.05) is 20.1 Å². The number of nitrogens with one attached hydrogen (secondary N) is 1. The summed E-state index contributed by atoms with van der Waals surface area (Å²) in [4.78, 5) is 13.6. The Balaban J connectivity index is 2.51. The molecular formula is C14H21BrN2O3S. The van der Waals surface area contributed by atoms with Crippen molar-refractivity contribution in [1.29, 1.82) is 0 Å². The molecule has 0 bridgehead atoms. The van der Waals surface area contributed by atoms with Gasteiger partial charge in [-0.25, -0.2) is 13.1 Å². The summed E-state index contributed by atoms with van der Waals surface area (Å²) in [6.07, 6.45) is 0.152. The molecule has 1 rings (SSSR count). The third-order valence-electron chi connectivity index (χ3n) is 2.82. The van der Waals surface area contributed by atoms with Crippen LogP contribution in [0.3, 0.4) is 0 Å². The number of nitrogens with zero attached hydrogens (tertiary/aromatic N) is 1. The predicted octanol–water partition coefficient (Wildman–Crippen LogP) is 2.23. The normalized spacial score (nSPS) is 11.7. The Bertz CT molecular complexity index is 570. The number of carbonyl (C=O) groups excluding carboxylic acids is 1. The highest BCUT2D eigenvalue weighted by molar-refractivity contribution is 9.10. The van der Waals surface area contributed by atoms with Crippen LogP contribution in [-0.4, -0.2) is 39.4 Å². The molecule has 0 aliphatic heterocycles. The highest BCUT2D eigenvalue weighted by Gasteiger charge is 2.15. The van der Waals surface area contributed by atoms with Crippen molar-refractivity contribution in [3.8, 4) is 0 Å². The Morgan fingerprint density at radius 3 is 2.38 bits per heavy atom. The second-order valence-corrected chi connectivity index (χ2v) is 7.95. The molecule has 0 unspecified atom stereocenters. The number of hydrogen-bond donors (Lipinski definition) is 1. The van der Waals surface area contributed by atoms with Gasteiger partial charge < -0.3 is 4.90 Å². The van der Waals surface area contributed by atoms with Gasteiger partial charge in [0.2, 0.25) is 15.9 Å². The fourth-order valence-electron chi connectivity index (χ4n) is 1.83. The van der Waals surface area contributed by atoms with E-state index in [1.165, 1.54) is 12.1 Å². The number of carbonyl (C=O) groups is 1. The van der Waals surface area contributed by atoms with Gasteiger partial charge in [0, 0.05) is 31.0 Å². The Morgan fingerprint density at radius 1 is 1.29 bits per heavy atom. The third-order valence-corrected chi connectivity index (χ3v) is 4.83. The largest absolute Gasteiger partial charge is 0.345 e. The molecule has 0 atom stereocenters. The molecule has 1 N–H and O–H groups in total. The second kappa shape index (κ2) is 7.91. The quantitative estimate of drug-likeness (QED) is 0.793. The smallest absolute Gasteiger partial charge is 0.240 e. The minimum Gasteiger partial charge on any atom is -0.345 e. The van der Waals surface area contributed by atoms with E-state index >= 15 is 0 Å². The standard InChI is InChI=1S/C14H21BrN2O3S/c1-11(2)10-17(3)14(18)8-9-16-21(19,20)13-6-4-12(15)5-7-13/h4-7,11,16H,8-10H2,1-3H3. The first-order valence-electron chi connectivity index (χ1n) is 6.71. The van der Waals surface area contributed by atoms with Crippen LogP contribution in [0.1, 0.15) is 20.3 Å². The third kappa shape index (κ3) is 6.15. The summed E-state index contributed by atoms with van der Waals surface area (Å²) in [5, 5.41) is 0. The summed E-state index contributed by atoms with van der Waals surface area (Å²) in [7, 11) is -1.84. The van der Waals surface area contributed by atoms with Gasteiger partial charge in [0.15, 0.2) is 0 Å². The Kier molecular flexibility index (Phi) is 6.83. The van der Waals surface area contributed by atoms with Crippen molar-refractivity contribution in [3.05, 3.63) is 28.7 Å². The van der Waals surface area contributed by atoms with Gasteiger partial charge in [0.25, 0.3) is 0 Å². The van der Waals surface area contributed by atoms with Gasteiger partial charge in [-0.2, -0.15) is 0 Å². The van der Waals surface area contributed by atoms with Crippen LogP contribution < -0.4 is 4.72 Å². The molecule has 21 heavy (non-hydrogen) atoms. The van der Waals surface area contributed by atoms with Crippen molar-refractivity contribution >= 4 is 31.9 Å². The Morgan fingerprint density at radius 2 is 1.86 bits per heavy atom. The first-order valence-corrected chi connectivity index (χ1v) is 8.99. The molecule has 7 heteroatoms. The summed E-state index contributed by atoms with van der Waals surface area (Å²) in [5.41, 5.74) is 0. The van der Waals surface area contributed by atoms with Gasteiger partial charge in [0.1, 0.15) is 0 Å². The maximum absolute atomic E-state index is 12.0. The maximum atomic E-state index is 12.0. The number of amides is 1. The fraction of sp³-hybridized carbons (Fsp3) is 0.500. The average Bonchev–Trinajstić information content (AvgIpc) is 2.38. The number of sulfonamides is 1. The van der Waals surface area contributed by atoms with E-state index in [4.69, 9.17) is 0 Å². The van der Waals surface area contributed by atoms with Gasteiger partial charge in [-0.05, 0) is 30.2 Å².